The molecule has 8 heteroatoms. The average Bonchev–Trinajstić information content (AvgIpc) is 3.02. The number of phenols is 2. The van der Waals surface area contributed by atoms with Gasteiger partial charge in [0.25, 0.3) is 0 Å². The molecular formula is C36H38N2O6. The zero-order valence-corrected chi connectivity index (χ0v) is 25.6. The maximum atomic E-state index is 11.2. The van der Waals surface area contributed by atoms with Crippen LogP contribution in [0, 0.1) is 0 Å². The lowest BCUT2D eigenvalue weighted by Gasteiger charge is -2.36. The van der Waals surface area contributed by atoms with Gasteiger partial charge in [-0.05, 0) is 110 Å². The second kappa shape index (κ2) is 11.3. The number of aromatic hydroxyl groups is 2. The first-order chi connectivity index (χ1) is 21.3. The molecule has 0 fully saturated rings. The monoisotopic (exact) mass is 594 g/mol. The van der Waals surface area contributed by atoms with Crippen LogP contribution in [-0.4, -0.2) is 61.4 Å². The lowest BCUT2D eigenvalue weighted by atomic mass is 9.87. The van der Waals surface area contributed by atoms with E-state index < -0.39 is 0 Å². The molecule has 0 radical (unpaired) electrons. The smallest absolute Gasteiger partial charge is 0.201 e. The molecule has 0 saturated heterocycles. The van der Waals surface area contributed by atoms with Gasteiger partial charge in [-0.1, -0.05) is 18.2 Å². The largest absolute Gasteiger partial charge is 0.504 e. The van der Waals surface area contributed by atoms with Gasteiger partial charge in [0.05, 0.1) is 14.2 Å². The van der Waals surface area contributed by atoms with Gasteiger partial charge >= 0.3 is 0 Å². The number of nitrogens with zero attached hydrogens (tertiary/aromatic N) is 2. The summed E-state index contributed by atoms with van der Waals surface area (Å²) in [4.78, 5) is 4.64. The van der Waals surface area contributed by atoms with Gasteiger partial charge in [-0.25, -0.2) is 0 Å². The SMILES string of the molecule is COc1ccc2cc1Oc1ccc(cc1)C[C@@H]1c3cc(O)c(O)c(c3CCN1C)Oc1cc3c(cc1OC)CCN(C)[C@@H]3C2. The molecule has 228 valence electrons. The third kappa shape index (κ3) is 4.98. The molecule has 2 N–H and O–H groups in total. The summed E-state index contributed by atoms with van der Waals surface area (Å²) in [7, 11) is 7.53. The van der Waals surface area contributed by atoms with Gasteiger partial charge < -0.3 is 29.2 Å². The highest BCUT2D eigenvalue weighted by Gasteiger charge is 2.33. The molecule has 0 amide bonds. The minimum Gasteiger partial charge on any atom is -0.504 e. The standard InChI is InChI=1S/C36H38N2O6/c1-37-13-11-23-18-32(42-4)34-20-26(23)28(37)16-22-7-10-31(41-3)33(17-22)43-24-8-5-21(6-9-24)15-29-27-19-30(39)35(40)36(44-34)25(27)12-14-38(29)2/h5-10,17-20,28-29,39-40H,11-16H2,1-4H3/t28-,29-/m1/s1. The van der Waals surface area contributed by atoms with Gasteiger partial charge in [-0.15, -0.1) is 0 Å². The fraction of sp³-hybridized carbons (Fsp3) is 0.333. The highest BCUT2D eigenvalue weighted by Crippen LogP contribution is 2.50. The van der Waals surface area contributed by atoms with Crippen LogP contribution >= 0.6 is 0 Å². The normalized spacial score (nSPS) is 19.6. The van der Waals surface area contributed by atoms with Crippen LogP contribution in [0.3, 0.4) is 0 Å². The van der Waals surface area contributed by atoms with Crippen LogP contribution in [0.4, 0.5) is 0 Å². The number of fused-ring (bicyclic) bond motifs is 2. The Hall–Kier alpha value is -4.40. The Morgan fingerprint density at radius 1 is 0.705 bits per heavy atom. The molecule has 0 aromatic heterocycles. The first-order valence-corrected chi connectivity index (χ1v) is 15.1. The molecule has 0 aliphatic carbocycles. The van der Waals surface area contributed by atoms with Crippen molar-refractivity contribution in [3.05, 3.63) is 94.0 Å². The second-order valence-corrected chi connectivity index (χ2v) is 12.1. The molecule has 2 atom stereocenters. The summed E-state index contributed by atoms with van der Waals surface area (Å²) in [5, 5.41) is 22.1. The number of rotatable bonds is 2. The summed E-state index contributed by atoms with van der Waals surface area (Å²) in [5.74, 6) is 3.03. The predicted molar refractivity (Wildman–Crippen MR) is 168 cm³/mol. The van der Waals surface area contributed by atoms with Crippen molar-refractivity contribution in [2.24, 2.45) is 0 Å². The molecule has 4 aliphatic rings. The third-order valence-corrected chi connectivity index (χ3v) is 9.48. The number of methoxy groups -OCH3 is 2. The highest BCUT2D eigenvalue weighted by atomic mass is 16.5. The zero-order chi connectivity index (χ0) is 30.5. The summed E-state index contributed by atoms with van der Waals surface area (Å²) in [6.45, 7) is 1.69. The van der Waals surface area contributed by atoms with Crippen molar-refractivity contribution in [3.8, 4) is 46.0 Å². The number of ether oxygens (including phenoxy) is 4. The molecule has 0 saturated carbocycles. The van der Waals surface area contributed by atoms with Gasteiger partial charge in [-0.2, -0.15) is 0 Å². The molecule has 4 heterocycles. The Morgan fingerprint density at radius 2 is 1.36 bits per heavy atom. The molecule has 0 spiro atoms. The summed E-state index contributed by atoms with van der Waals surface area (Å²) < 4.78 is 24.5. The van der Waals surface area contributed by atoms with E-state index in [9.17, 15) is 10.2 Å². The number of likely N-dealkylation sites (N-methyl/N-ethyl adjacent to an activating group) is 2. The van der Waals surface area contributed by atoms with Crippen LogP contribution in [0.2, 0.25) is 0 Å². The summed E-state index contributed by atoms with van der Waals surface area (Å²) in [6.07, 6.45) is 3.01. The van der Waals surface area contributed by atoms with E-state index in [2.05, 4.69) is 54.2 Å². The van der Waals surface area contributed by atoms with Crippen LogP contribution in [-0.2, 0) is 25.7 Å². The number of benzene rings is 4. The van der Waals surface area contributed by atoms with Gasteiger partial charge in [0.1, 0.15) is 5.75 Å². The van der Waals surface area contributed by atoms with Crippen LogP contribution in [0.5, 0.6) is 46.0 Å². The molecule has 4 aromatic rings. The summed E-state index contributed by atoms with van der Waals surface area (Å²) in [6, 6.07) is 20.1. The van der Waals surface area contributed by atoms with E-state index in [0.29, 0.717) is 41.6 Å². The van der Waals surface area contributed by atoms with E-state index in [1.165, 1.54) is 5.56 Å². The van der Waals surface area contributed by atoms with Crippen LogP contribution in [0.1, 0.15) is 45.5 Å². The van der Waals surface area contributed by atoms with E-state index in [-0.39, 0.29) is 23.6 Å². The Balaban J connectivity index is 1.43. The zero-order valence-electron chi connectivity index (χ0n) is 25.6. The van der Waals surface area contributed by atoms with E-state index in [4.69, 9.17) is 18.9 Å². The first kappa shape index (κ1) is 28.4. The van der Waals surface area contributed by atoms with E-state index >= 15 is 0 Å². The molecule has 8 nitrogen and oxygen atoms in total. The maximum absolute atomic E-state index is 11.2. The molecule has 0 unspecified atom stereocenters. The van der Waals surface area contributed by atoms with Crippen molar-refractivity contribution >= 4 is 0 Å². The molecule has 4 aliphatic heterocycles. The van der Waals surface area contributed by atoms with Crippen molar-refractivity contribution < 1.29 is 29.2 Å². The van der Waals surface area contributed by atoms with Crippen LogP contribution in [0.15, 0.2) is 60.7 Å². The lowest BCUT2D eigenvalue weighted by Crippen LogP contribution is -2.34. The molecular weight excluding hydrogens is 556 g/mol. The average molecular weight is 595 g/mol. The third-order valence-electron chi connectivity index (χ3n) is 9.48. The van der Waals surface area contributed by atoms with Gasteiger partial charge in [0.15, 0.2) is 34.5 Å². The summed E-state index contributed by atoms with van der Waals surface area (Å²) in [5.41, 5.74) is 6.44. The van der Waals surface area contributed by atoms with Crippen molar-refractivity contribution in [1.29, 1.82) is 0 Å². The van der Waals surface area contributed by atoms with E-state index in [1.807, 2.05) is 24.3 Å². The highest BCUT2D eigenvalue weighted by molar-refractivity contribution is 5.62. The fourth-order valence-corrected chi connectivity index (χ4v) is 6.95. The second-order valence-electron chi connectivity index (χ2n) is 12.1. The lowest BCUT2D eigenvalue weighted by molar-refractivity contribution is 0.224. The quantitative estimate of drug-likeness (QED) is 0.253. The molecule has 8 rings (SSSR count). The minimum atomic E-state index is -0.251. The maximum Gasteiger partial charge on any atom is 0.201 e. The van der Waals surface area contributed by atoms with Crippen LogP contribution < -0.4 is 18.9 Å². The molecule has 4 aromatic carbocycles. The Bertz CT molecular complexity index is 1720. The minimum absolute atomic E-state index is 0.0262. The fourth-order valence-electron chi connectivity index (χ4n) is 6.95. The van der Waals surface area contributed by atoms with Crippen molar-refractivity contribution in [1.82, 2.24) is 9.80 Å². The first-order valence-electron chi connectivity index (χ1n) is 15.1. The molecule has 44 heavy (non-hydrogen) atoms. The van der Waals surface area contributed by atoms with E-state index in [0.717, 1.165) is 59.5 Å². The van der Waals surface area contributed by atoms with E-state index in [1.54, 1.807) is 20.3 Å². The van der Waals surface area contributed by atoms with Gasteiger partial charge in [0.2, 0.25) is 5.75 Å². The van der Waals surface area contributed by atoms with Crippen molar-refractivity contribution in [3.63, 3.8) is 0 Å². The number of phenolic OH excluding ortho intramolecular Hbond substituents is 2. The van der Waals surface area contributed by atoms with Crippen LogP contribution in [0.25, 0.3) is 0 Å². The summed E-state index contributed by atoms with van der Waals surface area (Å²) >= 11 is 0. The Labute approximate surface area is 258 Å². The predicted octanol–water partition coefficient (Wildman–Crippen LogP) is 6.56. The van der Waals surface area contributed by atoms with Gasteiger partial charge in [0, 0.05) is 30.7 Å². The Morgan fingerprint density at radius 3 is 2.11 bits per heavy atom. The Kier molecular flexibility index (Phi) is 7.26. The van der Waals surface area contributed by atoms with Gasteiger partial charge in [-0.3, -0.25) is 9.80 Å². The molecule has 10 bridgehead atoms. The topological polar surface area (TPSA) is 83.9 Å². The van der Waals surface area contributed by atoms with Crippen molar-refractivity contribution in [2.45, 2.75) is 37.8 Å². The van der Waals surface area contributed by atoms with Crippen molar-refractivity contribution in [2.75, 3.05) is 41.4 Å². The number of hydrogen-bond donors (Lipinski definition) is 2. The number of hydrogen-bond acceptors (Lipinski definition) is 8.